The Morgan fingerprint density at radius 3 is 2.59 bits per heavy atom. The van der Waals surface area contributed by atoms with Gasteiger partial charge in [0.2, 0.25) is 5.91 Å². The third-order valence-electron chi connectivity index (χ3n) is 2.29. The summed E-state index contributed by atoms with van der Waals surface area (Å²) >= 11 is 0. The zero-order valence-corrected chi connectivity index (χ0v) is 9.94. The number of aryl methyl sites for hydroxylation is 1. The Morgan fingerprint density at radius 2 is 2.18 bits per heavy atom. The van der Waals surface area contributed by atoms with Crippen molar-refractivity contribution in [1.29, 1.82) is 0 Å². The fourth-order valence-corrected chi connectivity index (χ4v) is 1.52. The molecule has 0 unspecified atom stereocenters. The highest BCUT2D eigenvalue weighted by molar-refractivity contribution is 5.91. The quantitative estimate of drug-likeness (QED) is 0.643. The van der Waals surface area contributed by atoms with Crippen molar-refractivity contribution >= 4 is 17.3 Å². The molecular weight excluding hydrogens is 224 g/mol. The van der Waals surface area contributed by atoms with Crippen LogP contribution >= 0.6 is 0 Å². The number of rotatable bonds is 4. The van der Waals surface area contributed by atoms with Gasteiger partial charge in [0.25, 0.3) is 5.69 Å². The van der Waals surface area contributed by atoms with Gasteiger partial charge in [-0.3, -0.25) is 14.9 Å². The summed E-state index contributed by atoms with van der Waals surface area (Å²) in [5, 5.41) is 13.3. The van der Waals surface area contributed by atoms with Gasteiger partial charge in [-0.05, 0) is 18.1 Å². The molecule has 1 aromatic carbocycles. The predicted octanol–water partition coefficient (Wildman–Crippen LogP) is 2.12. The van der Waals surface area contributed by atoms with E-state index in [1.807, 2.05) is 6.92 Å². The lowest BCUT2D eigenvalue weighted by atomic mass is 10.1. The Balaban J connectivity index is 3.34. The largest absolute Gasteiger partial charge is 0.496 e. The van der Waals surface area contributed by atoms with Crippen LogP contribution in [0.1, 0.15) is 19.4 Å². The molecule has 17 heavy (non-hydrogen) atoms. The third-order valence-corrected chi connectivity index (χ3v) is 2.29. The average molecular weight is 238 g/mol. The van der Waals surface area contributed by atoms with Crippen LogP contribution in [0, 0.1) is 10.1 Å². The minimum absolute atomic E-state index is 0.172. The number of nitrogens with one attached hydrogen (secondary N) is 1. The number of methoxy groups -OCH3 is 1. The van der Waals surface area contributed by atoms with Gasteiger partial charge in [0.1, 0.15) is 11.4 Å². The molecule has 0 aliphatic rings. The van der Waals surface area contributed by atoms with E-state index < -0.39 is 4.92 Å². The molecule has 0 saturated carbocycles. The smallest absolute Gasteiger partial charge is 0.296 e. The number of carbonyl (C=O) groups is 1. The Hall–Kier alpha value is -2.11. The molecule has 0 aromatic heterocycles. The molecule has 0 heterocycles. The van der Waals surface area contributed by atoms with Gasteiger partial charge < -0.3 is 10.1 Å². The molecule has 0 spiro atoms. The normalized spacial score (nSPS) is 9.82. The van der Waals surface area contributed by atoms with Crippen molar-refractivity contribution in [3.05, 3.63) is 27.8 Å². The van der Waals surface area contributed by atoms with E-state index in [4.69, 9.17) is 4.74 Å². The van der Waals surface area contributed by atoms with Crippen molar-refractivity contribution in [3.63, 3.8) is 0 Å². The maximum atomic E-state index is 11.0. The van der Waals surface area contributed by atoms with Crippen LogP contribution in [0.3, 0.4) is 0 Å². The number of amides is 1. The third kappa shape index (κ3) is 2.93. The highest BCUT2D eigenvalue weighted by Crippen LogP contribution is 2.33. The SMILES string of the molecule is CCc1cc(NC(C)=O)c([N+](=O)[O-])cc1OC. The molecule has 6 nitrogen and oxygen atoms in total. The maximum absolute atomic E-state index is 11.0. The Morgan fingerprint density at radius 1 is 1.53 bits per heavy atom. The van der Waals surface area contributed by atoms with Gasteiger partial charge in [-0.15, -0.1) is 0 Å². The van der Waals surface area contributed by atoms with Crippen molar-refractivity contribution in [1.82, 2.24) is 0 Å². The monoisotopic (exact) mass is 238 g/mol. The molecule has 0 atom stereocenters. The summed E-state index contributed by atoms with van der Waals surface area (Å²) in [5.74, 6) is 0.105. The summed E-state index contributed by atoms with van der Waals surface area (Å²) in [5.41, 5.74) is 0.830. The number of nitrogens with zero attached hydrogens (tertiary/aromatic N) is 1. The van der Waals surface area contributed by atoms with Gasteiger partial charge in [-0.25, -0.2) is 0 Å². The van der Waals surface area contributed by atoms with Crippen LogP contribution in [0.25, 0.3) is 0 Å². The molecule has 0 aliphatic heterocycles. The van der Waals surface area contributed by atoms with E-state index in [2.05, 4.69) is 5.32 Å². The van der Waals surface area contributed by atoms with Crippen LogP contribution in [0.4, 0.5) is 11.4 Å². The molecule has 0 bridgehead atoms. The van der Waals surface area contributed by atoms with Gasteiger partial charge in [0, 0.05) is 6.92 Å². The van der Waals surface area contributed by atoms with Crippen LogP contribution in [0.15, 0.2) is 12.1 Å². The summed E-state index contributed by atoms with van der Waals surface area (Å²) in [6.45, 7) is 3.21. The van der Waals surface area contributed by atoms with E-state index >= 15 is 0 Å². The predicted molar refractivity (Wildman–Crippen MR) is 63.3 cm³/mol. The maximum Gasteiger partial charge on any atom is 0.296 e. The Kier molecular flexibility index (Phi) is 4.03. The number of hydrogen-bond acceptors (Lipinski definition) is 4. The minimum Gasteiger partial charge on any atom is -0.496 e. The lowest BCUT2D eigenvalue weighted by Gasteiger charge is -2.10. The van der Waals surface area contributed by atoms with Crippen LogP contribution in [0.5, 0.6) is 5.75 Å². The van der Waals surface area contributed by atoms with E-state index in [1.54, 1.807) is 6.07 Å². The number of anilines is 1. The first-order chi connectivity index (χ1) is 7.99. The lowest BCUT2D eigenvalue weighted by Crippen LogP contribution is -2.09. The van der Waals surface area contributed by atoms with E-state index in [-0.39, 0.29) is 17.3 Å². The summed E-state index contributed by atoms with van der Waals surface area (Å²) in [7, 11) is 1.45. The number of nitro groups is 1. The van der Waals surface area contributed by atoms with Crippen molar-refractivity contribution in [2.24, 2.45) is 0 Å². The molecule has 1 aromatic rings. The van der Waals surface area contributed by atoms with Crippen LogP contribution in [0.2, 0.25) is 0 Å². The van der Waals surface area contributed by atoms with Gasteiger partial charge in [-0.2, -0.15) is 0 Å². The van der Waals surface area contributed by atoms with Crippen LogP contribution in [-0.4, -0.2) is 17.9 Å². The Labute approximate surface area is 98.7 Å². The number of nitro benzene ring substituents is 1. The fourth-order valence-electron chi connectivity index (χ4n) is 1.52. The van der Waals surface area contributed by atoms with Crippen molar-refractivity contribution in [2.75, 3.05) is 12.4 Å². The molecule has 1 amide bonds. The summed E-state index contributed by atoms with van der Waals surface area (Å²) in [4.78, 5) is 21.3. The minimum atomic E-state index is -0.548. The second-order valence-electron chi connectivity index (χ2n) is 3.47. The van der Waals surface area contributed by atoms with Gasteiger partial charge in [0.05, 0.1) is 18.1 Å². The molecule has 0 saturated heterocycles. The fraction of sp³-hybridized carbons (Fsp3) is 0.364. The number of carbonyl (C=O) groups excluding carboxylic acids is 1. The van der Waals surface area contributed by atoms with Crippen LogP contribution < -0.4 is 10.1 Å². The molecule has 1 rings (SSSR count). The molecule has 0 aliphatic carbocycles. The van der Waals surface area contributed by atoms with E-state index in [1.165, 1.54) is 20.1 Å². The van der Waals surface area contributed by atoms with Crippen LogP contribution in [-0.2, 0) is 11.2 Å². The molecule has 0 fully saturated rings. The standard InChI is InChI=1S/C11H14N2O4/c1-4-8-5-9(12-7(2)14)10(13(15)16)6-11(8)17-3/h5-6H,4H2,1-3H3,(H,12,14). The first kappa shape index (κ1) is 13.0. The summed E-state index contributed by atoms with van der Waals surface area (Å²) in [6, 6.07) is 2.89. The topological polar surface area (TPSA) is 81.5 Å². The second-order valence-corrected chi connectivity index (χ2v) is 3.47. The zero-order valence-electron chi connectivity index (χ0n) is 9.94. The zero-order chi connectivity index (χ0) is 13.0. The van der Waals surface area contributed by atoms with Crippen molar-refractivity contribution < 1.29 is 14.5 Å². The van der Waals surface area contributed by atoms with E-state index in [0.717, 1.165) is 5.56 Å². The first-order valence-corrected chi connectivity index (χ1v) is 5.12. The highest BCUT2D eigenvalue weighted by Gasteiger charge is 2.18. The molecule has 0 radical (unpaired) electrons. The molecule has 1 N–H and O–H groups in total. The Bertz CT molecular complexity index is 457. The van der Waals surface area contributed by atoms with Crippen molar-refractivity contribution in [2.45, 2.75) is 20.3 Å². The molecular formula is C11H14N2O4. The summed E-state index contributed by atoms with van der Waals surface area (Å²) in [6.07, 6.45) is 0.660. The number of hydrogen-bond donors (Lipinski definition) is 1. The molecule has 92 valence electrons. The van der Waals surface area contributed by atoms with Crippen molar-refractivity contribution in [3.8, 4) is 5.75 Å². The van der Waals surface area contributed by atoms with Gasteiger partial charge >= 0.3 is 0 Å². The summed E-state index contributed by atoms with van der Waals surface area (Å²) < 4.78 is 5.07. The second kappa shape index (κ2) is 5.29. The average Bonchev–Trinajstić information content (AvgIpc) is 2.27. The molecule has 6 heteroatoms. The highest BCUT2D eigenvalue weighted by atomic mass is 16.6. The first-order valence-electron chi connectivity index (χ1n) is 5.12. The van der Waals surface area contributed by atoms with E-state index in [9.17, 15) is 14.9 Å². The van der Waals surface area contributed by atoms with Gasteiger partial charge in [-0.1, -0.05) is 6.92 Å². The number of ether oxygens (including phenoxy) is 1. The number of benzene rings is 1. The van der Waals surface area contributed by atoms with Gasteiger partial charge in [0.15, 0.2) is 0 Å². The lowest BCUT2D eigenvalue weighted by molar-refractivity contribution is -0.384. The van der Waals surface area contributed by atoms with E-state index in [0.29, 0.717) is 12.2 Å².